The quantitative estimate of drug-likeness (QED) is 0.793. The highest BCUT2D eigenvalue weighted by molar-refractivity contribution is 7.85. The average molecular weight is 403 g/mol. The summed E-state index contributed by atoms with van der Waals surface area (Å²) in [5.41, 5.74) is 1.96. The molecule has 0 N–H and O–H groups in total. The van der Waals surface area contributed by atoms with E-state index in [2.05, 4.69) is 0 Å². The van der Waals surface area contributed by atoms with Gasteiger partial charge in [0, 0.05) is 52.4 Å². The molecule has 2 unspecified atom stereocenters. The Morgan fingerprint density at radius 2 is 1.85 bits per heavy atom. The van der Waals surface area contributed by atoms with Crippen molar-refractivity contribution in [3.05, 3.63) is 52.2 Å². The van der Waals surface area contributed by atoms with Gasteiger partial charge in [0.2, 0.25) is 11.8 Å². The molecule has 2 aromatic rings. The predicted molar refractivity (Wildman–Crippen MR) is 108 cm³/mol. The van der Waals surface area contributed by atoms with Crippen LogP contribution in [-0.4, -0.2) is 45.5 Å². The molecule has 2 saturated heterocycles. The van der Waals surface area contributed by atoms with E-state index in [0.29, 0.717) is 24.6 Å². The summed E-state index contributed by atoms with van der Waals surface area (Å²) < 4.78 is 11.6. The van der Waals surface area contributed by atoms with Gasteiger partial charge in [0.1, 0.15) is 0 Å². The number of rotatable bonds is 3. The lowest BCUT2D eigenvalue weighted by molar-refractivity contribution is -0.136. The predicted octanol–water partition coefficient (Wildman–Crippen LogP) is 2.74. The molecule has 0 spiro atoms. The first-order valence-electron chi connectivity index (χ1n) is 9.10. The molecule has 2 aliphatic heterocycles. The van der Waals surface area contributed by atoms with Crippen LogP contribution in [0, 0.1) is 12.8 Å². The lowest BCUT2D eigenvalue weighted by Crippen LogP contribution is -2.45. The molecule has 1 aromatic heterocycles. The lowest BCUT2D eigenvalue weighted by atomic mass is 9.96. The Hall–Kier alpha value is -1.99. The van der Waals surface area contributed by atoms with Gasteiger partial charge in [-0.25, -0.2) is 0 Å². The molecule has 1 aromatic carbocycles. The summed E-state index contributed by atoms with van der Waals surface area (Å²) in [5.74, 6) is 0.642. The van der Waals surface area contributed by atoms with E-state index in [0.717, 1.165) is 16.1 Å². The highest BCUT2D eigenvalue weighted by Crippen LogP contribution is 2.43. The number of amides is 2. The molecule has 0 radical (unpaired) electrons. The van der Waals surface area contributed by atoms with Crippen molar-refractivity contribution in [1.82, 2.24) is 4.90 Å². The maximum Gasteiger partial charge on any atom is 0.228 e. The number of aryl methyl sites for hydroxylation is 1. The van der Waals surface area contributed by atoms with E-state index >= 15 is 0 Å². The van der Waals surface area contributed by atoms with Crippen LogP contribution in [0.15, 0.2) is 41.8 Å². The number of benzene rings is 1. The Kier molecular flexibility index (Phi) is 5.14. The molecule has 2 fully saturated rings. The number of anilines is 1. The third-order valence-corrected chi connectivity index (χ3v) is 7.49. The largest absolute Gasteiger partial charge is 0.341 e. The number of carbonyl (C=O) groups is 2. The van der Waals surface area contributed by atoms with Crippen molar-refractivity contribution in [3.8, 4) is 0 Å². The highest BCUT2D eigenvalue weighted by Gasteiger charge is 2.47. The maximum absolute atomic E-state index is 13.2. The standard InChI is InChI=1S/C20H22N2O3S2/c1-14-4-6-15(7-5-14)22-18(23)13-16(19(22)17-3-2-10-26-17)20(24)21-8-11-27(25)12-9-21/h2-7,10,16,19H,8-9,11-13H2,1H3. The SMILES string of the molecule is Cc1ccc(N2C(=O)CC(C(=O)N3CCS(=O)CC3)C2c2cccs2)cc1. The Labute approximate surface area is 165 Å². The van der Waals surface area contributed by atoms with Crippen LogP contribution in [0.1, 0.15) is 22.9 Å². The highest BCUT2D eigenvalue weighted by atomic mass is 32.2. The molecule has 27 heavy (non-hydrogen) atoms. The molecule has 7 heteroatoms. The lowest BCUT2D eigenvalue weighted by Gasteiger charge is -2.32. The zero-order chi connectivity index (χ0) is 19.0. The number of hydrogen-bond donors (Lipinski definition) is 0. The van der Waals surface area contributed by atoms with E-state index in [9.17, 15) is 13.8 Å². The Balaban J connectivity index is 1.67. The summed E-state index contributed by atoms with van der Waals surface area (Å²) in [7, 11) is -0.832. The molecule has 4 rings (SSSR count). The van der Waals surface area contributed by atoms with Crippen LogP contribution in [0.5, 0.6) is 0 Å². The molecule has 0 aliphatic carbocycles. The zero-order valence-electron chi connectivity index (χ0n) is 15.2. The second-order valence-corrected chi connectivity index (χ2v) is 9.72. The van der Waals surface area contributed by atoms with Gasteiger partial charge < -0.3 is 9.80 Å². The van der Waals surface area contributed by atoms with E-state index in [1.807, 2.05) is 48.7 Å². The third-order valence-electron chi connectivity index (χ3n) is 5.28. The topological polar surface area (TPSA) is 57.7 Å². The summed E-state index contributed by atoms with van der Waals surface area (Å²) in [5, 5.41) is 1.98. The van der Waals surface area contributed by atoms with Crippen LogP contribution >= 0.6 is 11.3 Å². The minimum Gasteiger partial charge on any atom is -0.341 e. The average Bonchev–Trinajstić information content (AvgIpc) is 3.30. The Bertz CT molecular complexity index is 854. The van der Waals surface area contributed by atoms with Crippen molar-refractivity contribution in [2.24, 2.45) is 5.92 Å². The van der Waals surface area contributed by atoms with Gasteiger partial charge in [-0.15, -0.1) is 11.3 Å². The molecular formula is C20H22N2O3S2. The first-order valence-corrected chi connectivity index (χ1v) is 11.5. The molecule has 5 nitrogen and oxygen atoms in total. The van der Waals surface area contributed by atoms with Gasteiger partial charge in [-0.2, -0.15) is 0 Å². The molecule has 0 saturated carbocycles. The van der Waals surface area contributed by atoms with Crippen LogP contribution < -0.4 is 4.90 Å². The molecular weight excluding hydrogens is 380 g/mol. The summed E-state index contributed by atoms with van der Waals surface area (Å²) >= 11 is 1.58. The Morgan fingerprint density at radius 3 is 2.48 bits per heavy atom. The first kappa shape index (κ1) is 18.4. The van der Waals surface area contributed by atoms with E-state index in [1.165, 1.54) is 0 Å². The molecule has 3 heterocycles. The molecule has 0 bridgehead atoms. The van der Waals surface area contributed by atoms with Gasteiger partial charge in [0.25, 0.3) is 0 Å². The Morgan fingerprint density at radius 1 is 1.15 bits per heavy atom. The summed E-state index contributed by atoms with van der Waals surface area (Å²) in [6.45, 7) is 3.04. The van der Waals surface area contributed by atoms with E-state index < -0.39 is 16.7 Å². The van der Waals surface area contributed by atoms with Crippen LogP contribution in [0.25, 0.3) is 0 Å². The molecule has 142 valence electrons. The van der Waals surface area contributed by atoms with Crippen LogP contribution in [0.3, 0.4) is 0 Å². The number of carbonyl (C=O) groups excluding carboxylic acids is 2. The summed E-state index contributed by atoms with van der Waals surface area (Å²) in [6, 6.07) is 11.6. The minimum atomic E-state index is -0.832. The smallest absolute Gasteiger partial charge is 0.228 e. The second-order valence-electron chi connectivity index (χ2n) is 7.04. The first-order chi connectivity index (χ1) is 13.0. The van der Waals surface area contributed by atoms with Crippen LogP contribution in [0.2, 0.25) is 0 Å². The van der Waals surface area contributed by atoms with Crippen molar-refractivity contribution >= 4 is 39.6 Å². The fourth-order valence-electron chi connectivity index (χ4n) is 3.84. The van der Waals surface area contributed by atoms with Gasteiger partial charge in [-0.05, 0) is 30.5 Å². The van der Waals surface area contributed by atoms with Gasteiger partial charge in [-0.3, -0.25) is 13.8 Å². The fourth-order valence-corrected chi connectivity index (χ4v) is 5.78. The van der Waals surface area contributed by atoms with Gasteiger partial charge >= 0.3 is 0 Å². The maximum atomic E-state index is 13.2. The van der Waals surface area contributed by atoms with E-state index in [1.54, 1.807) is 21.1 Å². The third kappa shape index (κ3) is 3.58. The summed E-state index contributed by atoms with van der Waals surface area (Å²) in [6.07, 6.45) is 0.217. The van der Waals surface area contributed by atoms with Crippen LogP contribution in [0.4, 0.5) is 5.69 Å². The van der Waals surface area contributed by atoms with Gasteiger partial charge in [0.05, 0.1) is 12.0 Å². The van der Waals surface area contributed by atoms with Crippen molar-refractivity contribution < 1.29 is 13.8 Å². The van der Waals surface area contributed by atoms with E-state index in [-0.39, 0.29) is 24.3 Å². The van der Waals surface area contributed by atoms with Crippen molar-refractivity contribution in [1.29, 1.82) is 0 Å². The van der Waals surface area contributed by atoms with Crippen molar-refractivity contribution in [2.75, 3.05) is 29.5 Å². The zero-order valence-corrected chi connectivity index (χ0v) is 16.8. The second kappa shape index (κ2) is 7.56. The fraction of sp³-hybridized carbons (Fsp3) is 0.400. The van der Waals surface area contributed by atoms with Crippen molar-refractivity contribution in [3.63, 3.8) is 0 Å². The van der Waals surface area contributed by atoms with Crippen molar-refractivity contribution in [2.45, 2.75) is 19.4 Å². The molecule has 2 amide bonds. The van der Waals surface area contributed by atoms with Gasteiger partial charge in [-0.1, -0.05) is 23.8 Å². The van der Waals surface area contributed by atoms with E-state index in [4.69, 9.17) is 0 Å². The van der Waals surface area contributed by atoms with Crippen LogP contribution in [-0.2, 0) is 20.4 Å². The monoisotopic (exact) mass is 402 g/mol. The number of thiophene rings is 1. The molecule has 2 atom stereocenters. The minimum absolute atomic E-state index is 0.00746. The molecule has 2 aliphatic rings. The number of nitrogens with zero attached hydrogens (tertiary/aromatic N) is 2. The summed E-state index contributed by atoms with van der Waals surface area (Å²) in [4.78, 5) is 30.8. The van der Waals surface area contributed by atoms with Gasteiger partial charge in [0.15, 0.2) is 0 Å². The number of hydrogen-bond acceptors (Lipinski definition) is 4. The normalized spacial score (nSPS) is 23.8.